The number of ketones is 1. The predicted octanol–water partition coefficient (Wildman–Crippen LogP) is 4.26. The number of hydrogen-bond acceptors (Lipinski definition) is 5. The molecular formula is C30H27F2N7O2. The van der Waals surface area contributed by atoms with Gasteiger partial charge in [0.2, 0.25) is 0 Å². The molecule has 6 heterocycles. The number of rotatable bonds is 2. The number of amides is 2. The van der Waals surface area contributed by atoms with Gasteiger partial charge >= 0.3 is 6.03 Å². The van der Waals surface area contributed by atoms with Gasteiger partial charge in [0.1, 0.15) is 5.65 Å². The number of pyridine rings is 1. The van der Waals surface area contributed by atoms with Gasteiger partial charge in [-0.15, -0.1) is 0 Å². The molecule has 1 N–H and O–H groups in total. The van der Waals surface area contributed by atoms with Gasteiger partial charge in [0.15, 0.2) is 5.78 Å². The smallest absolute Gasteiger partial charge is 0.320 e. The second kappa shape index (κ2) is 9.44. The third-order valence-electron chi connectivity index (χ3n) is 8.23. The van der Waals surface area contributed by atoms with Gasteiger partial charge in [-0.25, -0.2) is 18.6 Å². The van der Waals surface area contributed by atoms with E-state index in [-0.39, 0.29) is 25.3 Å². The van der Waals surface area contributed by atoms with Crippen LogP contribution in [0.1, 0.15) is 41.6 Å². The van der Waals surface area contributed by atoms with E-state index in [4.69, 9.17) is 0 Å². The number of alkyl halides is 2. The molecule has 11 heteroatoms. The Morgan fingerprint density at radius 2 is 2.00 bits per heavy atom. The van der Waals surface area contributed by atoms with Gasteiger partial charge < -0.3 is 19.7 Å². The highest BCUT2D eigenvalue weighted by Gasteiger charge is 2.37. The van der Waals surface area contributed by atoms with E-state index in [9.17, 15) is 23.6 Å². The Bertz CT molecular complexity index is 1810. The van der Waals surface area contributed by atoms with Crippen LogP contribution in [0.2, 0.25) is 0 Å². The van der Waals surface area contributed by atoms with Crippen LogP contribution in [-0.2, 0) is 17.9 Å². The zero-order valence-electron chi connectivity index (χ0n) is 22.2. The number of nitriles is 1. The van der Waals surface area contributed by atoms with E-state index in [0.717, 1.165) is 27.8 Å². The first-order valence-electron chi connectivity index (χ1n) is 13.7. The summed E-state index contributed by atoms with van der Waals surface area (Å²) in [6.07, 6.45) is 6.25. The standard InChI is InChI=1S/C30H27F2N7O2/c31-30(32)6-2-4-7-38(18-30)29(41)37-10-9-36-17-22(21-12-19(13-33)11-20(16-37)28(21)36)26-24(40)15-35-27(26)23-14-34-25-5-1-3-8-39(23)25/h1,3,5,8,11-12,14,17,35H,2,4,6-7,9-10,15-16,18H2. The lowest BCUT2D eigenvalue weighted by Crippen LogP contribution is -2.47. The summed E-state index contributed by atoms with van der Waals surface area (Å²) < 4.78 is 32.6. The SMILES string of the molecule is N#Cc1cc2c3c(c1)c(C1=C(c4cnc5ccccn45)NCC1=O)cn3CCN(C(=O)N1CCCCC(F)(F)C1)C2. The van der Waals surface area contributed by atoms with Crippen molar-refractivity contribution in [2.45, 2.75) is 38.3 Å². The van der Waals surface area contributed by atoms with Crippen molar-refractivity contribution < 1.29 is 18.4 Å². The molecule has 0 radical (unpaired) electrons. The summed E-state index contributed by atoms with van der Waals surface area (Å²) in [6, 6.07) is 11.0. The molecular weight excluding hydrogens is 528 g/mol. The first kappa shape index (κ1) is 25.3. The summed E-state index contributed by atoms with van der Waals surface area (Å²) in [5.74, 6) is -2.97. The lowest BCUT2D eigenvalue weighted by molar-refractivity contribution is -0.112. The van der Waals surface area contributed by atoms with Crippen molar-refractivity contribution in [3.05, 3.63) is 71.3 Å². The van der Waals surface area contributed by atoms with Gasteiger partial charge in [0.05, 0.1) is 53.4 Å². The molecule has 0 aliphatic carbocycles. The van der Waals surface area contributed by atoms with Crippen LogP contribution in [-0.4, -0.2) is 67.7 Å². The highest BCUT2D eigenvalue weighted by molar-refractivity contribution is 6.33. The Morgan fingerprint density at radius 1 is 1.12 bits per heavy atom. The molecule has 208 valence electrons. The molecule has 3 aliphatic heterocycles. The normalized spacial score (nSPS) is 18.9. The Balaban J connectivity index is 1.32. The van der Waals surface area contributed by atoms with Crippen molar-refractivity contribution in [1.29, 1.82) is 5.26 Å². The minimum atomic E-state index is -2.90. The van der Waals surface area contributed by atoms with Crippen molar-refractivity contribution in [3.8, 4) is 6.07 Å². The van der Waals surface area contributed by atoms with Crippen LogP contribution in [0.5, 0.6) is 0 Å². The fourth-order valence-electron chi connectivity index (χ4n) is 6.36. The second-order valence-electron chi connectivity index (χ2n) is 10.9. The summed E-state index contributed by atoms with van der Waals surface area (Å²) in [4.78, 5) is 34.1. The number of benzene rings is 1. The number of urea groups is 1. The molecule has 0 atom stereocenters. The summed E-state index contributed by atoms with van der Waals surface area (Å²) in [6.45, 7) is 0.774. The van der Waals surface area contributed by atoms with Crippen LogP contribution >= 0.6 is 0 Å². The number of carbonyl (C=O) groups is 2. The molecule has 1 aromatic carbocycles. The van der Waals surface area contributed by atoms with Crippen LogP contribution in [0.25, 0.3) is 27.8 Å². The number of nitrogens with zero attached hydrogens (tertiary/aromatic N) is 6. The van der Waals surface area contributed by atoms with Crippen molar-refractivity contribution in [3.63, 3.8) is 0 Å². The average Bonchev–Trinajstić information content (AvgIpc) is 3.58. The molecule has 41 heavy (non-hydrogen) atoms. The highest BCUT2D eigenvalue weighted by atomic mass is 19.3. The first-order chi connectivity index (χ1) is 19.8. The Kier molecular flexibility index (Phi) is 5.81. The summed E-state index contributed by atoms with van der Waals surface area (Å²) in [7, 11) is 0. The van der Waals surface area contributed by atoms with E-state index >= 15 is 0 Å². The summed E-state index contributed by atoms with van der Waals surface area (Å²) in [5, 5.41) is 13.9. The quantitative estimate of drug-likeness (QED) is 0.399. The second-order valence-corrected chi connectivity index (χ2v) is 10.9. The van der Waals surface area contributed by atoms with Crippen molar-refractivity contribution in [2.24, 2.45) is 0 Å². The van der Waals surface area contributed by atoms with Crippen molar-refractivity contribution in [1.82, 2.24) is 29.1 Å². The topological polar surface area (TPSA) is 98.7 Å². The largest absolute Gasteiger partial charge is 0.375 e. The Morgan fingerprint density at radius 3 is 2.85 bits per heavy atom. The lowest BCUT2D eigenvalue weighted by atomic mass is 9.97. The van der Waals surface area contributed by atoms with Crippen LogP contribution in [0.4, 0.5) is 13.6 Å². The third kappa shape index (κ3) is 4.22. The molecule has 3 aliphatic rings. The predicted molar refractivity (Wildman–Crippen MR) is 148 cm³/mol. The maximum Gasteiger partial charge on any atom is 0.320 e. The zero-order valence-corrected chi connectivity index (χ0v) is 22.2. The maximum atomic E-state index is 14.3. The molecule has 4 aromatic rings. The molecule has 7 rings (SSSR count). The van der Waals surface area contributed by atoms with Gasteiger partial charge in [-0.3, -0.25) is 9.20 Å². The fraction of sp³-hybridized carbons (Fsp3) is 0.333. The number of aromatic nitrogens is 3. The van der Waals surface area contributed by atoms with Gasteiger partial charge in [-0.1, -0.05) is 6.07 Å². The molecule has 0 unspecified atom stereocenters. The zero-order chi connectivity index (χ0) is 28.3. The number of halogens is 2. The maximum absolute atomic E-state index is 14.3. The number of nitrogens with one attached hydrogen (secondary N) is 1. The Labute approximate surface area is 234 Å². The van der Waals surface area contributed by atoms with Crippen LogP contribution < -0.4 is 5.32 Å². The molecule has 2 amide bonds. The number of likely N-dealkylation sites (tertiary alicyclic amines) is 1. The molecule has 0 saturated carbocycles. The summed E-state index contributed by atoms with van der Waals surface area (Å²) >= 11 is 0. The van der Waals surface area contributed by atoms with Gasteiger partial charge in [0.25, 0.3) is 5.92 Å². The van der Waals surface area contributed by atoms with E-state index in [1.165, 1.54) is 4.90 Å². The van der Waals surface area contributed by atoms with Crippen LogP contribution in [0, 0.1) is 11.3 Å². The number of imidazole rings is 1. The summed E-state index contributed by atoms with van der Waals surface area (Å²) in [5.41, 5.74) is 5.41. The van der Waals surface area contributed by atoms with Gasteiger partial charge in [-0.05, 0) is 42.7 Å². The van der Waals surface area contributed by atoms with E-state index < -0.39 is 18.5 Å². The van der Waals surface area contributed by atoms with Crippen LogP contribution in [0.3, 0.4) is 0 Å². The molecule has 1 fully saturated rings. The molecule has 1 saturated heterocycles. The van der Waals surface area contributed by atoms with E-state index in [0.29, 0.717) is 54.9 Å². The van der Waals surface area contributed by atoms with Crippen LogP contribution in [0.15, 0.2) is 48.9 Å². The number of Topliss-reactive ketones (excluding diaryl/α,β-unsaturated/α-hetero) is 1. The molecule has 0 bridgehead atoms. The average molecular weight is 556 g/mol. The number of carbonyl (C=O) groups excluding carboxylic acids is 2. The van der Waals surface area contributed by atoms with E-state index in [1.54, 1.807) is 23.2 Å². The Hall–Kier alpha value is -4.72. The highest BCUT2D eigenvalue weighted by Crippen LogP contribution is 2.38. The molecule has 0 spiro atoms. The molecule has 3 aromatic heterocycles. The number of fused-ring (bicyclic) bond motifs is 1. The van der Waals surface area contributed by atoms with Crippen molar-refractivity contribution in [2.75, 3.05) is 26.2 Å². The third-order valence-corrected chi connectivity index (χ3v) is 8.23. The van der Waals surface area contributed by atoms with Gasteiger partial charge in [0, 0.05) is 55.9 Å². The van der Waals surface area contributed by atoms with E-state index in [2.05, 4.69) is 16.4 Å². The van der Waals surface area contributed by atoms with Gasteiger partial charge in [-0.2, -0.15) is 5.26 Å². The monoisotopic (exact) mass is 555 g/mol. The first-order valence-corrected chi connectivity index (χ1v) is 13.7. The minimum Gasteiger partial charge on any atom is -0.375 e. The number of hydrogen-bond donors (Lipinski definition) is 1. The van der Waals surface area contributed by atoms with Crippen molar-refractivity contribution >= 4 is 39.6 Å². The van der Waals surface area contributed by atoms with E-state index in [1.807, 2.05) is 39.6 Å². The lowest BCUT2D eigenvalue weighted by Gasteiger charge is -2.30. The fourth-order valence-corrected chi connectivity index (χ4v) is 6.36. The minimum absolute atomic E-state index is 0.0650. The molecule has 9 nitrogen and oxygen atoms in total.